The molecule has 1 heterocycles. The van der Waals surface area contributed by atoms with Gasteiger partial charge in [0.25, 0.3) is 9.26 Å². The first-order chi connectivity index (χ1) is 5.54. The molecule has 0 bridgehead atoms. The fourth-order valence-corrected chi connectivity index (χ4v) is 4.11. The van der Waals surface area contributed by atoms with Gasteiger partial charge >= 0.3 is 0 Å². The zero-order chi connectivity index (χ0) is 9.30. The summed E-state index contributed by atoms with van der Waals surface area (Å²) in [6, 6.07) is 0. The molecule has 0 spiro atoms. The Balaban J connectivity index is 3.25. The highest BCUT2D eigenvalue weighted by Gasteiger charge is 2.23. The van der Waals surface area contributed by atoms with Crippen LogP contribution in [-0.2, 0) is 18.7 Å². The van der Waals surface area contributed by atoms with Gasteiger partial charge in [-0.25, -0.2) is 0 Å². The molecule has 0 aromatic heterocycles. The summed E-state index contributed by atoms with van der Waals surface area (Å²) in [7, 11) is -3.41. The first kappa shape index (κ1) is 10.2. The van der Waals surface area contributed by atoms with Gasteiger partial charge < -0.3 is 0 Å². The lowest BCUT2D eigenvalue weighted by atomic mass is 10.9. The monoisotopic (exact) mass is 246 g/mol. The molecule has 1 aliphatic heterocycles. The van der Waals surface area contributed by atoms with Crippen molar-refractivity contribution in [3.05, 3.63) is 0 Å². The zero-order valence-corrected chi connectivity index (χ0v) is 9.01. The molecule has 0 N–H and O–H groups in total. The summed E-state index contributed by atoms with van der Waals surface area (Å²) in [6.45, 7) is 1.57. The van der Waals surface area contributed by atoms with Crippen LogP contribution in [0.3, 0.4) is 0 Å². The van der Waals surface area contributed by atoms with Gasteiger partial charge in [0.1, 0.15) is 10.1 Å². The number of hydrogen-bond donors (Lipinski definition) is 0. The molecule has 68 valence electrons. The molecule has 0 aromatic rings. The topological polar surface area (TPSA) is 58.9 Å². The fourth-order valence-electron chi connectivity index (χ4n) is 0.638. The summed E-state index contributed by atoms with van der Waals surface area (Å²) in [5, 5.41) is 7.79. The average Bonchev–Trinajstić information content (AvgIpc) is 2.30. The Kier molecular flexibility index (Phi) is 3.28. The van der Waals surface area contributed by atoms with E-state index in [1.807, 2.05) is 0 Å². The number of hydrogen-bond acceptors (Lipinski definition) is 4. The van der Waals surface area contributed by atoms with Crippen LogP contribution in [0.1, 0.15) is 6.92 Å². The molecule has 0 amide bonds. The lowest BCUT2D eigenvalue weighted by molar-refractivity contribution is 0.628. The largest absolute Gasteiger partial charge is 0.252 e. The van der Waals surface area contributed by atoms with Crippen molar-refractivity contribution >= 4 is 52.0 Å². The normalized spacial score (nSPS) is 22.5. The van der Waals surface area contributed by atoms with Crippen LogP contribution in [0.15, 0.2) is 10.2 Å². The minimum absolute atomic E-state index is 0.198. The van der Waals surface area contributed by atoms with E-state index in [0.29, 0.717) is 5.04 Å². The lowest BCUT2D eigenvalue weighted by Crippen LogP contribution is -2.16. The third-order valence-corrected chi connectivity index (χ3v) is 5.38. The summed E-state index contributed by atoms with van der Waals surface area (Å²) in [6.07, 6.45) is 0. The highest BCUT2D eigenvalue weighted by Crippen LogP contribution is 2.15. The fraction of sp³-hybridized carbons (Fsp3) is 0.500. The van der Waals surface area contributed by atoms with Crippen LogP contribution < -0.4 is 0 Å². The Labute approximate surface area is 82.4 Å². The molecule has 0 saturated heterocycles. The van der Waals surface area contributed by atoms with Gasteiger partial charge in [-0.2, -0.15) is 8.42 Å². The minimum Gasteiger partial charge on any atom is -0.177 e. The number of alkyl halides is 2. The van der Waals surface area contributed by atoms with Gasteiger partial charge in [-0.05, 0) is 6.92 Å². The Morgan fingerprint density at radius 3 is 2.33 bits per heavy atom. The molecular formula is C4H4Cl2N2O2S2. The molecule has 1 unspecified atom stereocenters. The molecule has 0 radical (unpaired) electrons. The standard InChI is InChI=1S/C4H4Cl2N2O2S2/c1-2-7-8-4(3(5)6)11(2)12(9)10/h3H,1H3. The molecular weight excluding hydrogens is 243 g/mol. The third-order valence-electron chi connectivity index (χ3n) is 1.07. The Morgan fingerprint density at radius 2 is 2.00 bits per heavy atom. The second-order valence-electron chi connectivity index (χ2n) is 1.83. The molecule has 0 aromatic carbocycles. The molecule has 1 aliphatic rings. The number of rotatable bonds is 1. The van der Waals surface area contributed by atoms with Crippen LogP contribution in [0.4, 0.5) is 0 Å². The van der Waals surface area contributed by atoms with Gasteiger partial charge in [-0.1, -0.05) is 23.2 Å². The van der Waals surface area contributed by atoms with Crippen molar-refractivity contribution in [2.24, 2.45) is 10.2 Å². The minimum atomic E-state index is -2.27. The summed E-state index contributed by atoms with van der Waals surface area (Å²) >= 11 is 11.0. The molecule has 1 atom stereocenters. The van der Waals surface area contributed by atoms with E-state index in [-0.39, 0.29) is 5.04 Å². The first-order valence-corrected chi connectivity index (χ1v) is 6.47. The average molecular weight is 247 g/mol. The van der Waals surface area contributed by atoms with E-state index in [2.05, 4.69) is 10.2 Å². The van der Waals surface area contributed by atoms with Gasteiger partial charge in [0, 0.05) is 9.45 Å². The van der Waals surface area contributed by atoms with Crippen LogP contribution in [-0.4, -0.2) is 23.3 Å². The van der Waals surface area contributed by atoms with Gasteiger partial charge in [0.15, 0.2) is 4.84 Å². The van der Waals surface area contributed by atoms with Crippen LogP contribution in [0, 0.1) is 0 Å². The van der Waals surface area contributed by atoms with E-state index in [4.69, 9.17) is 23.2 Å². The van der Waals surface area contributed by atoms with Crippen molar-refractivity contribution in [1.82, 2.24) is 0 Å². The predicted octanol–water partition coefficient (Wildman–Crippen LogP) is 0.948. The Hall–Kier alpha value is 0.0900. The third kappa shape index (κ3) is 1.87. The van der Waals surface area contributed by atoms with Gasteiger partial charge in [0.05, 0.1) is 0 Å². The highest BCUT2D eigenvalue weighted by atomic mass is 35.5. The smallest absolute Gasteiger partial charge is 0.177 e. The second kappa shape index (κ2) is 3.87. The van der Waals surface area contributed by atoms with Crippen LogP contribution in [0.25, 0.3) is 0 Å². The van der Waals surface area contributed by atoms with Crippen LogP contribution in [0.2, 0.25) is 0 Å². The van der Waals surface area contributed by atoms with Gasteiger partial charge in [0.2, 0.25) is 0 Å². The number of nitrogens with zero attached hydrogens (tertiary/aromatic N) is 2. The summed E-state index contributed by atoms with van der Waals surface area (Å²) < 4.78 is 21.3. The summed E-state index contributed by atoms with van der Waals surface area (Å²) in [5.74, 6) is 0. The summed E-state index contributed by atoms with van der Waals surface area (Å²) in [5.41, 5.74) is 0. The van der Waals surface area contributed by atoms with Crippen molar-refractivity contribution in [2.75, 3.05) is 0 Å². The zero-order valence-electron chi connectivity index (χ0n) is 5.86. The van der Waals surface area contributed by atoms with E-state index < -0.39 is 23.6 Å². The first-order valence-electron chi connectivity index (χ1n) is 2.78. The van der Waals surface area contributed by atoms with E-state index in [1.165, 1.54) is 0 Å². The van der Waals surface area contributed by atoms with Crippen molar-refractivity contribution in [3.8, 4) is 0 Å². The molecule has 4 nitrogen and oxygen atoms in total. The number of halogens is 2. The van der Waals surface area contributed by atoms with E-state index in [0.717, 1.165) is 0 Å². The van der Waals surface area contributed by atoms with Gasteiger partial charge in [-0.15, -0.1) is 10.2 Å². The maximum absolute atomic E-state index is 10.7. The second-order valence-corrected chi connectivity index (χ2v) is 6.70. The van der Waals surface area contributed by atoms with Crippen LogP contribution >= 0.6 is 23.2 Å². The lowest BCUT2D eigenvalue weighted by Gasteiger charge is -1.98. The van der Waals surface area contributed by atoms with Crippen molar-refractivity contribution in [3.63, 3.8) is 0 Å². The predicted molar refractivity (Wildman–Crippen MR) is 52.3 cm³/mol. The SMILES string of the molecule is CC1=NN=C(C(Cl)Cl)S1=S(=O)=O. The summed E-state index contributed by atoms with van der Waals surface area (Å²) in [4.78, 5) is -0.910. The highest BCUT2D eigenvalue weighted by molar-refractivity contribution is 8.49. The van der Waals surface area contributed by atoms with E-state index >= 15 is 0 Å². The molecule has 12 heavy (non-hydrogen) atoms. The molecule has 0 saturated carbocycles. The Bertz CT molecular complexity index is 387. The maximum Gasteiger partial charge on any atom is 0.252 e. The van der Waals surface area contributed by atoms with Gasteiger partial charge in [-0.3, -0.25) is 0 Å². The molecule has 8 heteroatoms. The van der Waals surface area contributed by atoms with E-state index in [9.17, 15) is 8.42 Å². The van der Waals surface area contributed by atoms with Crippen molar-refractivity contribution in [1.29, 1.82) is 0 Å². The molecule has 0 fully saturated rings. The van der Waals surface area contributed by atoms with Crippen LogP contribution in [0.5, 0.6) is 0 Å². The maximum atomic E-state index is 10.7. The van der Waals surface area contributed by atoms with Crippen molar-refractivity contribution < 1.29 is 8.42 Å². The molecule has 0 aliphatic carbocycles. The van der Waals surface area contributed by atoms with E-state index in [1.54, 1.807) is 6.92 Å². The van der Waals surface area contributed by atoms with Crippen molar-refractivity contribution in [2.45, 2.75) is 11.8 Å². The quantitative estimate of drug-likeness (QED) is 0.647. The Morgan fingerprint density at radius 1 is 1.42 bits per heavy atom. The molecule has 1 rings (SSSR count).